The van der Waals surface area contributed by atoms with Crippen LogP contribution in [0.1, 0.15) is 37.1 Å². The van der Waals surface area contributed by atoms with Gasteiger partial charge in [0.2, 0.25) is 0 Å². The lowest BCUT2D eigenvalue weighted by atomic mass is 9.70. The number of aromatic nitrogens is 1. The molecular formula is C18H21N3O3. The van der Waals surface area contributed by atoms with Gasteiger partial charge < -0.3 is 9.64 Å². The third-order valence-electron chi connectivity index (χ3n) is 5.12. The molecule has 1 aromatic rings. The summed E-state index contributed by atoms with van der Waals surface area (Å²) in [5.41, 5.74) is 0.772. The summed E-state index contributed by atoms with van der Waals surface area (Å²) >= 11 is 0. The van der Waals surface area contributed by atoms with Crippen LogP contribution >= 0.6 is 0 Å². The van der Waals surface area contributed by atoms with Crippen molar-refractivity contribution in [1.82, 2.24) is 9.88 Å². The molecule has 0 radical (unpaired) electrons. The smallest absolute Gasteiger partial charge is 0.409 e. The number of hydrogen-bond donors (Lipinski definition) is 0. The Morgan fingerprint density at radius 3 is 3.00 bits per heavy atom. The van der Waals surface area contributed by atoms with Crippen LogP contribution in [-0.4, -0.2) is 41.2 Å². The molecule has 6 heteroatoms. The van der Waals surface area contributed by atoms with Crippen molar-refractivity contribution < 1.29 is 9.53 Å². The molecule has 3 rings (SSSR count). The number of pyridine rings is 1. The van der Waals surface area contributed by atoms with Crippen molar-refractivity contribution >= 4 is 6.09 Å². The summed E-state index contributed by atoms with van der Waals surface area (Å²) in [6, 6.07) is 5.47. The van der Waals surface area contributed by atoms with E-state index in [1.54, 1.807) is 4.90 Å². The Morgan fingerprint density at radius 2 is 2.29 bits per heavy atom. The number of nitroso groups, excluding NO2 is 1. The van der Waals surface area contributed by atoms with E-state index in [1.807, 2.05) is 25.1 Å². The molecule has 6 nitrogen and oxygen atoms in total. The highest BCUT2D eigenvalue weighted by molar-refractivity contribution is 5.69. The molecule has 1 aliphatic carbocycles. The van der Waals surface area contributed by atoms with Crippen LogP contribution in [0, 0.1) is 29.6 Å². The van der Waals surface area contributed by atoms with Crippen LogP contribution in [0.2, 0.25) is 0 Å². The molecule has 1 unspecified atom stereocenters. The molecule has 3 atom stereocenters. The molecule has 24 heavy (non-hydrogen) atoms. The lowest BCUT2D eigenvalue weighted by Gasteiger charge is -2.39. The van der Waals surface area contributed by atoms with E-state index in [4.69, 9.17) is 4.74 Å². The summed E-state index contributed by atoms with van der Waals surface area (Å²) in [5.74, 6) is 6.15. The van der Waals surface area contributed by atoms with Gasteiger partial charge in [-0.1, -0.05) is 17.2 Å². The number of carbonyl (C=O) groups is 1. The molecule has 2 fully saturated rings. The number of carbonyl (C=O) groups excluding carboxylic acids is 1. The topological polar surface area (TPSA) is 71.9 Å². The monoisotopic (exact) mass is 327 g/mol. The van der Waals surface area contributed by atoms with Crippen LogP contribution in [0.4, 0.5) is 4.79 Å². The second-order valence-electron chi connectivity index (χ2n) is 6.43. The zero-order valence-corrected chi connectivity index (χ0v) is 14.0. The van der Waals surface area contributed by atoms with E-state index in [0.717, 1.165) is 25.0 Å². The molecule has 1 aliphatic heterocycles. The Labute approximate surface area is 141 Å². The molecule has 1 saturated carbocycles. The normalized spacial score (nSPS) is 28.5. The summed E-state index contributed by atoms with van der Waals surface area (Å²) in [6.45, 7) is 2.41. The lowest BCUT2D eigenvalue weighted by molar-refractivity contribution is 0.0928. The van der Waals surface area contributed by atoms with E-state index in [0.29, 0.717) is 18.7 Å². The number of likely N-dealkylation sites (tertiary alicyclic amines) is 1. The fraction of sp³-hybridized carbons (Fsp3) is 0.556. The Bertz CT molecular complexity index is 709. The first-order valence-corrected chi connectivity index (χ1v) is 8.25. The van der Waals surface area contributed by atoms with E-state index >= 15 is 0 Å². The molecule has 1 aromatic heterocycles. The highest BCUT2D eigenvalue weighted by Crippen LogP contribution is 2.46. The number of hydrogen-bond acceptors (Lipinski definition) is 5. The maximum Gasteiger partial charge on any atom is 0.409 e. The van der Waals surface area contributed by atoms with Crippen molar-refractivity contribution in [2.75, 3.05) is 13.7 Å². The highest BCUT2D eigenvalue weighted by atomic mass is 16.5. The second kappa shape index (κ2) is 6.60. The third kappa shape index (κ3) is 2.75. The maximum atomic E-state index is 12.0. The van der Waals surface area contributed by atoms with Gasteiger partial charge in [-0.05, 0) is 50.7 Å². The first kappa shape index (κ1) is 16.4. The van der Waals surface area contributed by atoms with Crippen molar-refractivity contribution in [1.29, 1.82) is 0 Å². The largest absolute Gasteiger partial charge is 0.453 e. The number of rotatable bonds is 1. The number of ether oxygens (including phenoxy) is 1. The average molecular weight is 327 g/mol. The molecular weight excluding hydrogens is 306 g/mol. The van der Waals surface area contributed by atoms with Gasteiger partial charge in [-0.15, -0.1) is 0 Å². The average Bonchev–Trinajstić information content (AvgIpc) is 2.99. The van der Waals surface area contributed by atoms with Crippen LogP contribution in [-0.2, 0) is 4.74 Å². The van der Waals surface area contributed by atoms with E-state index in [-0.39, 0.29) is 18.1 Å². The number of nitrogens with zero attached hydrogens (tertiary/aromatic N) is 3. The molecule has 1 amide bonds. The van der Waals surface area contributed by atoms with Gasteiger partial charge >= 0.3 is 6.09 Å². The molecule has 0 aromatic carbocycles. The molecule has 126 valence electrons. The van der Waals surface area contributed by atoms with Gasteiger partial charge in [0.05, 0.1) is 19.1 Å². The van der Waals surface area contributed by atoms with Crippen LogP contribution in [0.3, 0.4) is 0 Å². The van der Waals surface area contributed by atoms with Gasteiger partial charge in [0, 0.05) is 12.2 Å². The predicted molar refractivity (Wildman–Crippen MR) is 89.2 cm³/mol. The lowest BCUT2D eigenvalue weighted by Crippen LogP contribution is -2.52. The first-order chi connectivity index (χ1) is 11.6. The standard InChI is InChI=1S/C18H21N3O3/c1-13-5-3-7-15(19-13)10-9-14-6-4-8-16-18(14,20-23)11-12-21(16)17(22)24-2/h3,5,7,14,16H,4,6,8,11-12H2,1-2H3/t14?,16-,18-/m1/s1. The van der Waals surface area contributed by atoms with Crippen molar-refractivity contribution in [2.24, 2.45) is 11.1 Å². The van der Waals surface area contributed by atoms with E-state index in [1.165, 1.54) is 7.11 Å². The van der Waals surface area contributed by atoms with Crippen LogP contribution < -0.4 is 0 Å². The van der Waals surface area contributed by atoms with E-state index in [9.17, 15) is 9.70 Å². The van der Waals surface area contributed by atoms with Crippen LogP contribution in [0.25, 0.3) is 0 Å². The van der Waals surface area contributed by atoms with Gasteiger partial charge in [0.25, 0.3) is 0 Å². The minimum atomic E-state index is -0.830. The number of amides is 1. The Balaban J connectivity index is 1.89. The van der Waals surface area contributed by atoms with E-state index in [2.05, 4.69) is 22.0 Å². The van der Waals surface area contributed by atoms with Gasteiger partial charge in [-0.25, -0.2) is 9.78 Å². The minimum Gasteiger partial charge on any atom is -0.453 e. The van der Waals surface area contributed by atoms with Gasteiger partial charge in [0.15, 0.2) is 0 Å². The number of fused-ring (bicyclic) bond motifs is 1. The van der Waals surface area contributed by atoms with Crippen LogP contribution in [0.15, 0.2) is 23.4 Å². The molecule has 2 aliphatic rings. The van der Waals surface area contributed by atoms with Gasteiger partial charge in [-0.3, -0.25) is 0 Å². The Hall–Kier alpha value is -2.42. The Kier molecular flexibility index (Phi) is 4.52. The highest BCUT2D eigenvalue weighted by Gasteiger charge is 2.57. The molecule has 0 bridgehead atoms. The zero-order valence-electron chi connectivity index (χ0n) is 14.0. The molecule has 0 N–H and O–H groups in total. The van der Waals surface area contributed by atoms with Crippen molar-refractivity contribution in [3.05, 3.63) is 34.5 Å². The molecule has 1 saturated heterocycles. The summed E-state index contributed by atoms with van der Waals surface area (Å²) in [7, 11) is 1.36. The molecule has 2 heterocycles. The predicted octanol–water partition coefficient (Wildman–Crippen LogP) is 2.89. The van der Waals surface area contributed by atoms with E-state index < -0.39 is 5.54 Å². The van der Waals surface area contributed by atoms with Gasteiger partial charge in [-0.2, -0.15) is 4.91 Å². The summed E-state index contributed by atoms with van der Waals surface area (Å²) in [6.07, 6.45) is 2.64. The SMILES string of the molecule is COC(=O)N1CC[C@@]2(N=O)C(C#Cc3cccc(C)n3)CCC[C@@H]12. The van der Waals surface area contributed by atoms with Crippen LogP contribution in [0.5, 0.6) is 0 Å². The minimum absolute atomic E-state index is 0.161. The summed E-state index contributed by atoms with van der Waals surface area (Å²) < 4.78 is 4.85. The number of aryl methyl sites for hydroxylation is 1. The Morgan fingerprint density at radius 1 is 1.46 bits per heavy atom. The fourth-order valence-corrected chi connectivity index (χ4v) is 3.95. The van der Waals surface area contributed by atoms with Crippen molar-refractivity contribution in [3.8, 4) is 11.8 Å². The third-order valence-corrected chi connectivity index (χ3v) is 5.12. The summed E-state index contributed by atoms with van der Waals surface area (Å²) in [5, 5.41) is 3.50. The quantitative estimate of drug-likeness (QED) is 0.587. The fourth-order valence-electron chi connectivity index (χ4n) is 3.95. The number of methoxy groups -OCH3 is 1. The van der Waals surface area contributed by atoms with Gasteiger partial charge in [0.1, 0.15) is 11.2 Å². The second-order valence-corrected chi connectivity index (χ2v) is 6.43. The van der Waals surface area contributed by atoms with Crippen molar-refractivity contribution in [3.63, 3.8) is 0 Å². The first-order valence-electron chi connectivity index (χ1n) is 8.25. The summed E-state index contributed by atoms with van der Waals surface area (Å²) in [4.78, 5) is 29.8. The maximum absolute atomic E-state index is 12.0. The zero-order chi connectivity index (χ0) is 17.2. The molecule has 0 spiro atoms. The van der Waals surface area contributed by atoms with Crippen molar-refractivity contribution in [2.45, 2.75) is 44.2 Å².